The number of aromatic nitrogens is 2. The van der Waals surface area contributed by atoms with Crippen LogP contribution in [0.3, 0.4) is 0 Å². The van der Waals surface area contributed by atoms with Gasteiger partial charge in [-0.2, -0.15) is 5.10 Å². The number of carbonyl (C=O) groups excluding carboxylic acids is 1. The first-order valence-electron chi connectivity index (χ1n) is 9.81. The number of halogens is 1. The molecule has 1 aliphatic rings. The van der Waals surface area contributed by atoms with Gasteiger partial charge in [0.1, 0.15) is 11.5 Å². The number of hydrogen-bond donors (Lipinski definition) is 1. The number of amides is 1. The molecule has 1 saturated heterocycles. The second-order valence-electron chi connectivity index (χ2n) is 7.65. The summed E-state index contributed by atoms with van der Waals surface area (Å²) in [5.74, 6) is -0.285. The van der Waals surface area contributed by atoms with E-state index in [1.807, 2.05) is 12.3 Å². The van der Waals surface area contributed by atoms with Crippen molar-refractivity contribution < 1.29 is 9.18 Å². The van der Waals surface area contributed by atoms with Gasteiger partial charge in [0.25, 0.3) is 0 Å². The third kappa shape index (κ3) is 4.26. The van der Waals surface area contributed by atoms with Crippen LogP contribution >= 0.6 is 11.3 Å². The first kappa shape index (κ1) is 19.8. The van der Waals surface area contributed by atoms with E-state index in [1.165, 1.54) is 15.8 Å². The van der Waals surface area contributed by atoms with Crippen molar-refractivity contribution in [2.45, 2.75) is 39.8 Å². The topological polar surface area (TPSA) is 50.2 Å². The lowest BCUT2D eigenvalue weighted by atomic mass is 10.1. The molecule has 0 aliphatic carbocycles. The third-order valence-corrected chi connectivity index (χ3v) is 6.23. The molecule has 1 unspecified atom stereocenters. The predicted octanol–water partition coefficient (Wildman–Crippen LogP) is 4.07. The zero-order valence-corrected chi connectivity index (χ0v) is 17.7. The van der Waals surface area contributed by atoms with Crippen LogP contribution in [0, 0.1) is 19.7 Å². The van der Waals surface area contributed by atoms with Crippen LogP contribution in [0.15, 0.2) is 36.5 Å². The number of carbonyl (C=O) groups is 1. The molecule has 2 aromatic heterocycles. The number of nitrogens with one attached hydrogen (secondary N) is 1. The van der Waals surface area contributed by atoms with E-state index in [4.69, 9.17) is 5.10 Å². The molecule has 3 heterocycles. The Hall–Kier alpha value is -2.51. The summed E-state index contributed by atoms with van der Waals surface area (Å²) < 4.78 is 16.0. The number of hydrogen-bond acceptors (Lipinski definition) is 4. The van der Waals surface area contributed by atoms with E-state index in [0.717, 1.165) is 36.3 Å². The average Bonchev–Trinajstić information content (AvgIpc) is 3.34. The smallest absolute Gasteiger partial charge is 0.217 e. The van der Waals surface area contributed by atoms with E-state index >= 15 is 0 Å². The second-order valence-corrected chi connectivity index (χ2v) is 9.11. The Morgan fingerprint density at radius 1 is 1.34 bits per heavy atom. The van der Waals surface area contributed by atoms with Crippen molar-refractivity contribution in [1.29, 1.82) is 0 Å². The maximum absolute atomic E-state index is 14.4. The molecular formula is C22H25FN4OS. The molecule has 3 aromatic rings. The molecule has 1 atom stereocenters. The Morgan fingerprint density at radius 2 is 2.14 bits per heavy atom. The zero-order valence-electron chi connectivity index (χ0n) is 16.9. The molecule has 5 nitrogen and oxygen atoms in total. The lowest BCUT2D eigenvalue weighted by Crippen LogP contribution is -2.35. The summed E-state index contributed by atoms with van der Waals surface area (Å²) in [5, 5.41) is 7.79. The number of benzene rings is 1. The van der Waals surface area contributed by atoms with Gasteiger partial charge >= 0.3 is 0 Å². The number of thiophene rings is 1. The monoisotopic (exact) mass is 412 g/mol. The fourth-order valence-corrected chi connectivity index (χ4v) is 4.93. The van der Waals surface area contributed by atoms with E-state index in [-0.39, 0.29) is 17.8 Å². The number of para-hydroxylation sites is 1. The summed E-state index contributed by atoms with van der Waals surface area (Å²) in [6.45, 7) is 8.19. The zero-order chi connectivity index (χ0) is 20.5. The standard InChI is InChI=1S/C22H25FN4OS/c1-14-10-19(15(2)29-14)22-17(11-26-9-8-18(13-26)24-16(3)28)12-27(25-22)21-7-5-4-6-20(21)23/h4-7,10,12,18H,8-9,11,13H2,1-3H3,(H,24,28). The molecule has 1 fully saturated rings. The molecule has 1 amide bonds. The Bertz CT molecular complexity index is 1040. The Morgan fingerprint density at radius 3 is 2.83 bits per heavy atom. The predicted molar refractivity (Wildman–Crippen MR) is 114 cm³/mol. The van der Waals surface area contributed by atoms with Crippen LogP contribution in [0.25, 0.3) is 16.9 Å². The van der Waals surface area contributed by atoms with Gasteiger partial charge in [0, 0.05) is 59.7 Å². The molecule has 4 rings (SSSR count). The first-order valence-corrected chi connectivity index (χ1v) is 10.6. The van der Waals surface area contributed by atoms with Crippen molar-refractivity contribution in [3.05, 3.63) is 57.7 Å². The molecule has 0 saturated carbocycles. The lowest BCUT2D eigenvalue weighted by molar-refractivity contribution is -0.119. The molecule has 1 aromatic carbocycles. The molecule has 7 heteroatoms. The van der Waals surface area contributed by atoms with Crippen LogP contribution in [0.1, 0.15) is 28.7 Å². The normalized spacial score (nSPS) is 17.0. The van der Waals surface area contributed by atoms with Gasteiger partial charge in [-0.25, -0.2) is 9.07 Å². The molecule has 152 valence electrons. The van der Waals surface area contributed by atoms with Gasteiger partial charge in [-0.3, -0.25) is 9.69 Å². The first-order chi connectivity index (χ1) is 13.9. The van der Waals surface area contributed by atoms with Gasteiger partial charge in [-0.05, 0) is 38.5 Å². The quantitative estimate of drug-likeness (QED) is 0.687. The summed E-state index contributed by atoms with van der Waals surface area (Å²) in [4.78, 5) is 16.1. The van der Waals surface area contributed by atoms with E-state index in [1.54, 1.807) is 35.1 Å². The van der Waals surface area contributed by atoms with Crippen molar-refractivity contribution in [2.75, 3.05) is 13.1 Å². The van der Waals surface area contributed by atoms with Gasteiger partial charge in [-0.1, -0.05) is 12.1 Å². The molecule has 0 radical (unpaired) electrons. The number of rotatable bonds is 5. The van der Waals surface area contributed by atoms with Crippen molar-refractivity contribution in [2.24, 2.45) is 0 Å². The van der Waals surface area contributed by atoms with E-state index in [9.17, 15) is 9.18 Å². The Balaban J connectivity index is 1.67. The maximum Gasteiger partial charge on any atom is 0.217 e. The Labute approximate surface area is 174 Å². The van der Waals surface area contributed by atoms with Crippen LogP contribution < -0.4 is 5.32 Å². The van der Waals surface area contributed by atoms with Crippen LogP contribution in [0.5, 0.6) is 0 Å². The van der Waals surface area contributed by atoms with Gasteiger partial charge < -0.3 is 5.32 Å². The van der Waals surface area contributed by atoms with Gasteiger partial charge in [-0.15, -0.1) is 11.3 Å². The minimum Gasteiger partial charge on any atom is -0.352 e. The molecule has 29 heavy (non-hydrogen) atoms. The number of likely N-dealkylation sites (tertiary alicyclic amines) is 1. The van der Waals surface area contributed by atoms with Crippen LogP contribution in [0.4, 0.5) is 4.39 Å². The van der Waals surface area contributed by atoms with Crippen molar-refractivity contribution >= 4 is 17.2 Å². The summed E-state index contributed by atoms with van der Waals surface area (Å²) >= 11 is 1.75. The highest BCUT2D eigenvalue weighted by molar-refractivity contribution is 7.12. The maximum atomic E-state index is 14.4. The number of aryl methyl sites for hydroxylation is 2. The highest BCUT2D eigenvalue weighted by Gasteiger charge is 2.25. The van der Waals surface area contributed by atoms with Crippen molar-refractivity contribution in [1.82, 2.24) is 20.0 Å². The molecule has 1 aliphatic heterocycles. The highest BCUT2D eigenvalue weighted by atomic mass is 32.1. The van der Waals surface area contributed by atoms with Crippen LogP contribution in [0.2, 0.25) is 0 Å². The fraction of sp³-hybridized carbons (Fsp3) is 0.364. The van der Waals surface area contributed by atoms with Crippen molar-refractivity contribution in [3.8, 4) is 16.9 Å². The minimum atomic E-state index is -0.293. The fourth-order valence-electron chi connectivity index (χ4n) is 4.00. The summed E-state index contributed by atoms with van der Waals surface area (Å²) in [6, 6.07) is 9.03. The third-order valence-electron chi connectivity index (χ3n) is 5.26. The molecular weight excluding hydrogens is 387 g/mol. The molecule has 1 N–H and O–H groups in total. The van der Waals surface area contributed by atoms with E-state index < -0.39 is 0 Å². The lowest BCUT2D eigenvalue weighted by Gasteiger charge is -2.16. The summed E-state index contributed by atoms with van der Waals surface area (Å²) in [7, 11) is 0. The van der Waals surface area contributed by atoms with E-state index in [2.05, 4.69) is 30.1 Å². The average molecular weight is 413 g/mol. The molecule has 0 bridgehead atoms. The van der Waals surface area contributed by atoms with Gasteiger partial charge in [0.15, 0.2) is 0 Å². The van der Waals surface area contributed by atoms with Gasteiger partial charge in [0.05, 0.1) is 5.69 Å². The SMILES string of the molecule is CC(=O)NC1CCN(Cc2cn(-c3ccccc3F)nc2-c2cc(C)sc2C)C1. The minimum absolute atomic E-state index is 0.00860. The summed E-state index contributed by atoms with van der Waals surface area (Å²) in [5.41, 5.74) is 3.52. The Kier molecular flexibility index (Phi) is 5.52. The van der Waals surface area contributed by atoms with E-state index in [0.29, 0.717) is 12.2 Å². The molecule has 0 spiro atoms. The van der Waals surface area contributed by atoms with Gasteiger partial charge in [0.2, 0.25) is 5.91 Å². The highest BCUT2D eigenvalue weighted by Crippen LogP contribution is 2.33. The largest absolute Gasteiger partial charge is 0.352 e. The number of nitrogens with zero attached hydrogens (tertiary/aromatic N) is 3. The second kappa shape index (κ2) is 8.08. The van der Waals surface area contributed by atoms with Crippen molar-refractivity contribution in [3.63, 3.8) is 0 Å². The van der Waals surface area contributed by atoms with Crippen LogP contribution in [-0.4, -0.2) is 39.7 Å². The van der Waals surface area contributed by atoms with Crippen LogP contribution in [-0.2, 0) is 11.3 Å². The summed E-state index contributed by atoms with van der Waals surface area (Å²) in [6.07, 6.45) is 2.87.